The normalized spacial score (nSPS) is 10.2. The molecule has 0 atom stereocenters. The summed E-state index contributed by atoms with van der Waals surface area (Å²) in [5.41, 5.74) is 3.54. The molecule has 2 aromatic carbocycles. The number of pyridine rings is 1. The van der Waals surface area contributed by atoms with E-state index in [2.05, 4.69) is 20.9 Å². The fourth-order valence-corrected chi connectivity index (χ4v) is 2.64. The molecule has 3 N–H and O–H groups in total. The zero-order chi connectivity index (χ0) is 19.9. The highest BCUT2D eigenvalue weighted by Crippen LogP contribution is 2.16. The number of halogens is 1. The number of amides is 2. The maximum absolute atomic E-state index is 12.5. The van der Waals surface area contributed by atoms with Gasteiger partial charge in [-0.25, -0.2) is 0 Å². The molecule has 28 heavy (non-hydrogen) atoms. The number of nitrogens with zero attached hydrogens (tertiary/aromatic N) is 1. The number of anilines is 3. The van der Waals surface area contributed by atoms with Crippen LogP contribution in [0.2, 0.25) is 5.02 Å². The van der Waals surface area contributed by atoms with Gasteiger partial charge in [-0.15, -0.1) is 0 Å². The summed E-state index contributed by atoms with van der Waals surface area (Å²) in [6.45, 7) is 2.03. The van der Waals surface area contributed by atoms with E-state index < -0.39 is 0 Å². The molecule has 0 radical (unpaired) electrons. The van der Waals surface area contributed by atoms with Crippen LogP contribution >= 0.6 is 11.6 Å². The van der Waals surface area contributed by atoms with Crippen LogP contribution < -0.4 is 16.0 Å². The summed E-state index contributed by atoms with van der Waals surface area (Å²) in [4.78, 5) is 27.7. The average molecular weight is 395 g/mol. The summed E-state index contributed by atoms with van der Waals surface area (Å²) in [6.07, 6.45) is 3.17. The molecule has 6 nitrogen and oxygen atoms in total. The van der Waals surface area contributed by atoms with Crippen molar-refractivity contribution in [3.63, 3.8) is 0 Å². The van der Waals surface area contributed by atoms with Crippen molar-refractivity contribution < 1.29 is 9.59 Å². The Balaban J connectivity index is 1.61. The van der Waals surface area contributed by atoms with Gasteiger partial charge in [0.15, 0.2) is 0 Å². The topological polar surface area (TPSA) is 83.1 Å². The van der Waals surface area contributed by atoms with Crippen molar-refractivity contribution in [2.45, 2.75) is 13.5 Å². The Morgan fingerprint density at radius 2 is 1.54 bits per heavy atom. The standard InChI is InChI=1S/C21H19ClN4O2/c1-14(27)25-18-6-8-19(9-7-18)26-21(28)16-10-20(13-23-12-16)24-11-15-2-4-17(22)5-3-15/h2-10,12-13,24H,11H2,1H3,(H,25,27)(H,26,28). The van der Waals surface area contributed by atoms with Gasteiger partial charge < -0.3 is 16.0 Å². The van der Waals surface area contributed by atoms with E-state index in [1.54, 1.807) is 36.5 Å². The van der Waals surface area contributed by atoms with Gasteiger partial charge in [-0.3, -0.25) is 14.6 Å². The van der Waals surface area contributed by atoms with Gasteiger partial charge in [-0.2, -0.15) is 0 Å². The van der Waals surface area contributed by atoms with Gasteiger partial charge >= 0.3 is 0 Å². The molecular weight excluding hydrogens is 376 g/mol. The van der Waals surface area contributed by atoms with E-state index in [0.29, 0.717) is 28.5 Å². The number of rotatable bonds is 6. The lowest BCUT2D eigenvalue weighted by Gasteiger charge is -2.09. The molecule has 2 amide bonds. The predicted octanol–water partition coefficient (Wildman–Crippen LogP) is 4.56. The minimum atomic E-state index is -0.269. The molecule has 3 rings (SSSR count). The van der Waals surface area contributed by atoms with Gasteiger partial charge in [0.25, 0.3) is 5.91 Å². The van der Waals surface area contributed by atoms with Crippen LogP contribution in [0.15, 0.2) is 67.0 Å². The molecule has 0 fully saturated rings. The lowest BCUT2D eigenvalue weighted by atomic mass is 10.2. The molecule has 0 aliphatic heterocycles. The van der Waals surface area contributed by atoms with Gasteiger partial charge in [-0.05, 0) is 48.0 Å². The first-order valence-corrected chi connectivity index (χ1v) is 9.00. The molecule has 0 bridgehead atoms. The SMILES string of the molecule is CC(=O)Nc1ccc(NC(=O)c2cncc(NCc3ccc(Cl)cc3)c2)cc1. The Bertz CT molecular complexity index is 972. The molecule has 0 saturated carbocycles. The molecular formula is C21H19ClN4O2. The molecule has 0 unspecified atom stereocenters. The zero-order valence-corrected chi connectivity index (χ0v) is 16.0. The van der Waals surface area contributed by atoms with Crippen molar-refractivity contribution in [3.05, 3.63) is 83.1 Å². The smallest absolute Gasteiger partial charge is 0.257 e. The first-order valence-electron chi connectivity index (χ1n) is 8.62. The van der Waals surface area contributed by atoms with E-state index in [9.17, 15) is 9.59 Å². The van der Waals surface area contributed by atoms with Crippen molar-refractivity contribution >= 4 is 40.5 Å². The zero-order valence-electron chi connectivity index (χ0n) is 15.2. The fourth-order valence-electron chi connectivity index (χ4n) is 2.51. The molecule has 0 spiro atoms. The first-order chi connectivity index (χ1) is 13.5. The maximum Gasteiger partial charge on any atom is 0.257 e. The van der Waals surface area contributed by atoms with Gasteiger partial charge in [0, 0.05) is 42.3 Å². The summed E-state index contributed by atoms with van der Waals surface area (Å²) in [5, 5.41) is 9.42. The minimum absolute atomic E-state index is 0.147. The van der Waals surface area contributed by atoms with Crippen molar-refractivity contribution in [1.29, 1.82) is 0 Å². The van der Waals surface area contributed by atoms with E-state index in [1.807, 2.05) is 24.3 Å². The Labute approximate surface area is 168 Å². The lowest BCUT2D eigenvalue weighted by Crippen LogP contribution is -2.13. The molecule has 7 heteroatoms. The van der Waals surface area contributed by atoms with Crippen LogP contribution in [0.3, 0.4) is 0 Å². The third-order valence-corrected chi connectivity index (χ3v) is 4.13. The largest absolute Gasteiger partial charge is 0.380 e. The number of hydrogen-bond acceptors (Lipinski definition) is 4. The summed E-state index contributed by atoms with van der Waals surface area (Å²) >= 11 is 5.89. The molecule has 0 saturated heterocycles. The van der Waals surface area contributed by atoms with Crippen molar-refractivity contribution in [1.82, 2.24) is 4.98 Å². The van der Waals surface area contributed by atoms with E-state index in [4.69, 9.17) is 11.6 Å². The van der Waals surface area contributed by atoms with Crippen LogP contribution in [0.4, 0.5) is 17.1 Å². The van der Waals surface area contributed by atoms with Crippen LogP contribution in [-0.4, -0.2) is 16.8 Å². The minimum Gasteiger partial charge on any atom is -0.380 e. The van der Waals surface area contributed by atoms with E-state index in [0.717, 1.165) is 11.3 Å². The molecule has 1 aromatic heterocycles. The quantitative estimate of drug-likeness (QED) is 0.572. The van der Waals surface area contributed by atoms with Gasteiger partial charge in [-0.1, -0.05) is 23.7 Å². The van der Waals surface area contributed by atoms with Crippen molar-refractivity contribution in [2.24, 2.45) is 0 Å². The Morgan fingerprint density at radius 3 is 2.18 bits per heavy atom. The van der Waals surface area contributed by atoms with Crippen molar-refractivity contribution in [3.8, 4) is 0 Å². The van der Waals surface area contributed by atoms with Gasteiger partial charge in [0.1, 0.15) is 0 Å². The molecule has 0 aliphatic carbocycles. The molecule has 3 aromatic rings. The van der Waals surface area contributed by atoms with Crippen LogP contribution in [-0.2, 0) is 11.3 Å². The number of aromatic nitrogens is 1. The van der Waals surface area contributed by atoms with Crippen molar-refractivity contribution in [2.75, 3.05) is 16.0 Å². The first kappa shape index (κ1) is 19.4. The summed E-state index contributed by atoms with van der Waals surface area (Å²) in [5.74, 6) is -0.416. The maximum atomic E-state index is 12.5. The van der Waals surface area contributed by atoms with Crippen LogP contribution in [0, 0.1) is 0 Å². The van der Waals surface area contributed by atoms with Crippen LogP contribution in [0.25, 0.3) is 0 Å². The second kappa shape index (κ2) is 9.01. The van der Waals surface area contributed by atoms with Crippen LogP contribution in [0.5, 0.6) is 0 Å². The Kier molecular flexibility index (Phi) is 6.24. The predicted molar refractivity (Wildman–Crippen MR) is 112 cm³/mol. The Morgan fingerprint density at radius 1 is 0.893 bits per heavy atom. The second-order valence-electron chi connectivity index (χ2n) is 6.15. The Hall–Kier alpha value is -3.38. The van der Waals surface area contributed by atoms with E-state index in [1.165, 1.54) is 13.1 Å². The number of carbonyl (C=O) groups excluding carboxylic acids is 2. The summed E-state index contributed by atoms with van der Waals surface area (Å²) in [7, 11) is 0. The van der Waals surface area contributed by atoms with Crippen LogP contribution in [0.1, 0.15) is 22.8 Å². The molecule has 142 valence electrons. The highest BCUT2D eigenvalue weighted by molar-refractivity contribution is 6.30. The number of hydrogen-bond donors (Lipinski definition) is 3. The number of benzene rings is 2. The highest BCUT2D eigenvalue weighted by atomic mass is 35.5. The lowest BCUT2D eigenvalue weighted by molar-refractivity contribution is -0.114. The van der Waals surface area contributed by atoms with Gasteiger partial charge in [0.05, 0.1) is 11.3 Å². The highest BCUT2D eigenvalue weighted by Gasteiger charge is 2.08. The number of nitrogens with one attached hydrogen (secondary N) is 3. The second-order valence-corrected chi connectivity index (χ2v) is 6.59. The summed E-state index contributed by atoms with van der Waals surface area (Å²) < 4.78 is 0. The van der Waals surface area contributed by atoms with E-state index in [-0.39, 0.29) is 11.8 Å². The van der Waals surface area contributed by atoms with Gasteiger partial charge in [0.2, 0.25) is 5.91 Å². The average Bonchev–Trinajstić information content (AvgIpc) is 2.69. The monoisotopic (exact) mass is 394 g/mol. The van der Waals surface area contributed by atoms with E-state index >= 15 is 0 Å². The molecule has 1 heterocycles. The third-order valence-electron chi connectivity index (χ3n) is 3.87. The third kappa shape index (κ3) is 5.56. The molecule has 0 aliphatic rings. The fraction of sp³-hybridized carbons (Fsp3) is 0.0952. The number of carbonyl (C=O) groups is 2. The summed E-state index contributed by atoms with van der Waals surface area (Å²) in [6, 6.07) is 16.2.